The number of primary amides is 1. The van der Waals surface area contributed by atoms with Gasteiger partial charge in [0.05, 0.1) is 0 Å². The summed E-state index contributed by atoms with van der Waals surface area (Å²) in [6.07, 6.45) is 1.74. The van der Waals surface area contributed by atoms with Gasteiger partial charge >= 0.3 is 0 Å². The molecule has 1 heterocycles. The van der Waals surface area contributed by atoms with E-state index in [1.54, 1.807) is 0 Å². The predicted molar refractivity (Wildman–Crippen MR) is 81.0 cm³/mol. The Bertz CT molecular complexity index is 472. The molecule has 1 aliphatic rings. The molecular weight excluding hydrogens is 250 g/mol. The smallest absolute Gasteiger partial charge is 0.242 e. The van der Waals surface area contributed by atoms with Crippen molar-refractivity contribution in [2.45, 2.75) is 32.2 Å². The summed E-state index contributed by atoms with van der Waals surface area (Å²) in [6, 6.07) is 9.43. The maximum absolute atomic E-state index is 11.8. The quantitative estimate of drug-likeness (QED) is 0.854. The first-order valence-electron chi connectivity index (χ1n) is 7.20. The van der Waals surface area contributed by atoms with Gasteiger partial charge in [0.25, 0.3) is 0 Å². The molecular formula is C16H25N3O. The Morgan fingerprint density at radius 2 is 2.00 bits per heavy atom. The van der Waals surface area contributed by atoms with Crippen molar-refractivity contribution in [3.8, 4) is 0 Å². The lowest BCUT2D eigenvalue weighted by atomic mass is 9.86. The topological polar surface area (TPSA) is 72.3 Å². The van der Waals surface area contributed by atoms with E-state index in [4.69, 9.17) is 11.5 Å². The Balaban J connectivity index is 2.06. The van der Waals surface area contributed by atoms with Gasteiger partial charge in [-0.25, -0.2) is 0 Å². The number of hydrogen-bond acceptors (Lipinski definition) is 3. The largest absolute Gasteiger partial charge is 0.368 e. The molecule has 2 rings (SSSR count). The molecule has 4 heteroatoms. The fourth-order valence-electron chi connectivity index (χ4n) is 2.89. The second-order valence-electron chi connectivity index (χ2n) is 6.64. The third-order valence-corrected chi connectivity index (χ3v) is 4.31. The van der Waals surface area contributed by atoms with Gasteiger partial charge in [0, 0.05) is 13.1 Å². The van der Waals surface area contributed by atoms with Gasteiger partial charge < -0.3 is 16.4 Å². The zero-order valence-electron chi connectivity index (χ0n) is 12.4. The summed E-state index contributed by atoms with van der Waals surface area (Å²) in [7, 11) is 0. The standard InChI is InChI=1S/C16H25N3O/c1-15(2)8-10-19(12-15)11-9-16(18,14(17)20)13-6-4-3-5-7-13/h3-7H,8-12,18H2,1-2H3,(H2,17,20). The van der Waals surface area contributed by atoms with Crippen LogP contribution in [0.15, 0.2) is 30.3 Å². The first kappa shape index (κ1) is 15.0. The van der Waals surface area contributed by atoms with Crippen LogP contribution in [-0.2, 0) is 10.3 Å². The zero-order chi connectivity index (χ0) is 14.8. The molecule has 0 aliphatic carbocycles. The average molecular weight is 275 g/mol. The first-order valence-corrected chi connectivity index (χ1v) is 7.20. The molecule has 1 saturated heterocycles. The van der Waals surface area contributed by atoms with Crippen LogP contribution in [0.2, 0.25) is 0 Å². The Hall–Kier alpha value is -1.39. The van der Waals surface area contributed by atoms with Crippen molar-refractivity contribution in [3.63, 3.8) is 0 Å². The second kappa shape index (κ2) is 5.54. The van der Waals surface area contributed by atoms with Gasteiger partial charge in [-0.05, 0) is 30.4 Å². The van der Waals surface area contributed by atoms with E-state index in [2.05, 4.69) is 18.7 Å². The van der Waals surface area contributed by atoms with Crippen molar-refractivity contribution in [2.24, 2.45) is 16.9 Å². The number of nitrogens with zero attached hydrogens (tertiary/aromatic N) is 1. The molecule has 1 amide bonds. The highest BCUT2D eigenvalue weighted by molar-refractivity contribution is 5.85. The van der Waals surface area contributed by atoms with E-state index in [-0.39, 0.29) is 0 Å². The van der Waals surface area contributed by atoms with Gasteiger partial charge in [0.2, 0.25) is 5.91 Å². The molecule has 110 valence electrons. The van der Waals surface area contributed by atoms with Crippen molar-refractivity contribution in [1.82, 2.24) is 4.90 Å². The summed E-state index contributed by atoms with van der Waals surface area (Å²) in [4.78, 5) is 14.2. The molecule has 1 atom stereocenters. The molecule has 1 unspecified atom stereocenters. The number of benzene rings is 1. The number of hydrogen-bond donors (Lipinski definition) is 2. The summed E-state index contributed by atoms with van der Waals surface area (Å²) >= 11 is 0. The van der Waals surface area contributed by atoms with E-state index in [0.717, 1.165) is 25.2 Å². The van der Waals surface area contributed by atoms with Crippen LogP contribution in [0, 0.1) is 5.41 Å². The van der Waals surface area contributed by atoms with Crippen molar-refractivity contribution in [3.05, 3.63) is 35.9 Å². The maximum Gasteiger partial charge on any atom is 0.242 e. The number of rotatable bonds is 5. The number of carbonyl (C=O) groups is 1. The van der Waals surface area contributed by atoms with E-state index in [1.165, 1.54) is 6.42 Å². The van der Waals surface area contributed by atoms with Crippen LogP contribution in [0.3, 0.4) is 0 Å². The summed E-state index contributed by atoms with van der Waals surface area (Å²) in [5.41, 5.74) is 11.9. The van der Waals surface area contributed by atoms with Crippen molar-refractivity contribution >= 4 is 5.91 Å². The third-order valence-electron chi connectivity index (χ3n) is 4.31. The van der Waals surface area contributed by atoms with Crippen LogP contribution in [-0.4, -0.2) is 30.4 Å². The lowest BCUT2D eigenvalue weighted by Gasteiger charge is -2.29. The highest BCUT2D eigenvalue weighted by atomic mass is 16.1. The fourth-order valence-corrected chi connectivity index (χ4v) is 2.89. The molecule has 1 fully saturated rings. The number of likely N-dealkylation sites (tertiary alicyclic amines) is 1. The molecule has 0 saturated carbocycles. The van der Waals surface area contributed by atoms with E-state index < -0.39 is 11.4 Å². The Kier molecular flexibility index (Phi) is 4.16. The van der Waals surface area contributed by atoms with Gasteiger partial charge in [-0.1, -0.05) is 44.2 Å². The molecule has 1 aliphatic heterocycles. The minimum absolute atomic E-state index is 0.358. The normalized spacial score (nSPS) is 21.6. The summed E-state index contributed by atoms with van der Waals surface area (Å²) in [5, 5.41) is 0. The van der Waals surface area contributed by atoms with Crippen LogP contribution in [0.25, 0.3) is 0 Å². The van der Waals surface area contributed by atoms with Crippen molar-refractivity contribution < 1.29 is 4.79 Å². The van der Waals surface area contributed by atoms with Crippen LogP contribution in [0.5, 0.6) is 0 Å². The van der Waals surface area contributed by atoms with Crippen molar-refractivity contribution in [2.75, 3.05) is 19.6 Å². The Morgan fingerprint density at radius 3 is 2.50 bits per heavy atom. The highest BCUT2D eigenvalue weighted by Crippen LogP contribution is 2.30. The summed E-state index contributed by atoms with van der Waals surface area (Å²) in [6.45, 7) is 7.47. The van der Waals surface area contributed by atoms with E-state index in [9.17, 15) is 4.79 Å². The first-order chi connectivity index (χ1) is 9.33. The van der Waals surface area contributed by atoms with Gasteiger partial charge in [0.15, 0.2) is 0 Å². The molecule has 1 aromatic carbocycles. The van der Waals surface area contributed by atoms with Crippen LogP contribution in [0.4, 0.5) is 0 Å². The number of nitrogens with two attached hydrogens (primary N) is 2. The van der Waals surface area contributed by atoms with Gasteiger partial charge in [-0.3, -0.25) is 4.79 Å². The number of amides is 1. The second-order valence-corrected chi connectivity index (χ2v) is 6.64. The summed E-state index contributed by atoms with van der Waals surface area (Å²) < 4.78 is 0. The van der Waals surface area contributed by atoms with Crippen LogP contribution < -0.4 is 11.5 Å². The predicted octanol–water partition coefficient (Wildman–Crippen LogP) is 1.45. The molecule has 0 bridgehead atoms. The van der Waals surface area contributed by atoms with Gasteiger partial charge in [0.1, 0.15) is 5.54 Å². The molecule has 4 N–H and O–H groups in total. The maximum atomic E-state index is 11.8. The van der Waals surface area contributed by atoms with E-state index in [0.29, 0.717) is 11.8 Å². The van der Waals surface area contributed by atoms with Gasteiger partial charge in [-0.15, -0.1) is 0 Å². The van der Waals surface area contributed by atoms with Crippen LogP contribution in [0.1, 0.15) is 32.3 Å². The SMILES string of the molecule is CC1(C)CCN(CCC(N)(C(N)=O)c2ccccc2)C1. The lowest BCUT2D eigenvalue weighted by Crippen LogP contribution is -2.50. The molecule has 0 spiro atoms. The average Bonchev–Trinajstić information content (AvgIpc) is 2.76. The fraction of sp³-hybridized carbons (Fsp3) is 0.562. The third kappa shape index (κ3) is 3.19. The Morgan fingerprint density at radius 1 is 1.35 bits per heavy atom. The molecule has 4 nitrogen and oxygen atoms in total. The molecule has 0 radical (unpaired) electrons. The molecule has 0 aromatic heterocycles. The monoisotopic (exact) mass is 275 g/mol. The minimum atomic E-state index is -1.08. The lowest BCUT2D eigenvalue weighted by molar-refractivity contribution is -0.123. The van der Waals surface area contributed by atoms with Crippen molar-refractivity contribution in [1.29, 1.82) is 0 Å². The van der Waals surface area contributed by atoms with Crippen LogP contribution >= 0.6 is 0 Å². The minimum Gasteiger partial charge on any atom is -0.368 e. The van der Waals surface area contributed by atoms with Gasteiger partial charge in [-0.2, -0.15) is 0 Å². The number of carbonyl (C=O) groups excluding carboxylic acids is 1. The molecule has 20 heavy (non-hydrogen) atoms. The molecule has 1 aromatic rings. The van der Waals surface area contributed by atoms with E-state index >= 15 is 0 Å². The summed E-state index contributed by atoms with van der Waals surface area (Å²) in [5.74, 6) is -0.456. The zero-order valence-corrected chi connectivity index (χ0v) is 12.4. The highest BCUT2D eigenvalue weighted by Gasteiger charge is 2.36. The van der Waals surface area contributed by atoms with E-state index in [1.807, 2.05) is 30.3 Å². The Labute approximate surface area is 121 Å².